The van der Waals surface area contributed by atoms with E-state index < -0.39 is 0 Å². The van der Waals surface area contributed by atoms with Crippen LogP contribution in [0.25, 0.3) is 0 Å². The molecule has 1 heterocycles. The van der Waals surface area contributed by atoms with Gasteiger partial charge in [-0.3, -0.25) is 4.79 Å². The summed E-state index contributed by atoms with van der Waals surface area (Å²) in [5.41, 5.74) is 3.11. The van der Waals surface area contributed by atoms with Crippen LogP contribution in [0.15, 0.2) is 42.5 Å². The lowest BCUT2D eigenvalue weighted by molar-refractivity contribution is -0.116. The van der Waals surface area contributed by atoms with Gasteiger partial charge in [0.05, 0.1) is 14.2 Å². The Kier molecular flexibility index (Phi) is 7.36. The van der Waals surface area contributed by atoms with Gasteiger partial charge < -0.3 is 25.0 Å². The number of carbonyl (C=O) groups is 1. The highest BCUT2D eigenvalue weighted by atomic mass is 16.5. The zero-order valence-electron chi connectivity index (χ0n) is 17.5. The molecule has 156 valence electrons. The van der Waals surface area contributed by atoms with Crippen LogP contribution < -0.4 is 25.0 Å². The smallest absolute Gasteiger partial charge is 0.225 e. The van der Waals surface area contributed by atoms with Crippen LogP contribution in [0.5, 0.6) is 11.5 Å². The molecule has 0 radical (unpaired) electrons. The van der Waals surface area contributed by atoms with Crippen LogP contribution in [0.4, 0.5) is 11.4 Å². The largest absolute Gasteiger partial charge is 0.493 e. The Hall–Kier alpha value is -2.73. The molecule has 6 nitrogen and oxygen atoms in total. The summed E-state index contributed by atoms with van der Waals surface area (Å²) in [6.45, 7) is 4.85. The van der Waals surface area contributed by atoms with Crippen LogP contribution in [0.1, 0.15) is 31.7 Å². The molecule has 2 N–H and O–H groups in total. The van der Waals surface area contributed by atoms with Gasteiger partial charge in [-0.05, 0) is 55.7 Å². The molecule has 1 saturated heterocycles. The molecule has 1 aliphatic heterocycles. The normalized spacial score (nSPS) is 14.5. The van der Waals surface area contributed by atoms with Crippen molar-refractivity contribution in [2.75, 3.05) is 37.5 Å². The number of methoxy groups -OCH3 is 2. The van der Waals surface area contributed by atoms with Gasteiger partial charge >= 0.3 is 0 Å². The number of nitrogens with zero attached hydrogens (tertiary/aromatic N) is 1. The van der Waals surface area contributed by atoms with Gasteiger partial charge in [-0.2, -0.15) is 0 Å². The lowest BCUT2D eigenvalue weighted by atomic mass is 10.1. The Morgan fingerprint density at radius 3 is 2.55 bits per heavy atom. The van der Waals surface area contributed by atoms with E-state index in [4.69, 9.17) is 9.47 Å². The molecule has 29 heavy (non-hydrogen) atoms. The van der Waals surface area contributed by atoms with Crippen LogP contribution in [0, 0.1) is 0 Å². The zero-order chi connectivity index (χ0) is 20.6. The van der Waals surface area contributed by atoms with Crippen LogP contribution >= 0.6 is 0 Å². The molecule has 1 atom stereocenters. The number of amides is 1. The molecule has 2 aromatic rings. The molecule has 1 unspecified atom stereocenters. The van der Waals surface area contributed by atoms with Gasteiger partial charge in [0.25, 0.3) is 0 Å². The molecule has 1 aliphatic rings. The molecule has 1 amide bonds. The number of ether oxygens (including phenoxy) is 2. The number of benzene rings is 2. The molecule has 6 heteroatoms. The molecule has 0 saturated carbocycles. The van der Waals surface area contributed by atoms with Gasteiger partial charge in [0.1, 0.15) is 0 Å². The van der Waals surface area contributed by atoms with E-state index in [1.807, 2.05) is 37.3 Å². The third-order valence-corrected chi connectivity index (χ3v) is 5.20. The number of nitrogens with one attached hydrogen (secondary N) is 2. The van der Waals surface area contributed by atoms with Crippen LogP contribution in [-0.2, 0) is 11.3 Å². The molecular weight excluding hydrogens is 366 g/mol. The summed E-state index contributed by atoms with van der Waals surface area (Å²) in [5.74, 6) is 1.42. The van der Waals surface area contributed by atoms with Crippen molar-refractivity contribution in [1.82, 2.24) is 5.32 Å². The van der Waals surface area contributed by atoms with Crippen molar-refractivity contribution in [2.24, 2.45) is 0 Å². The first-order chi connectivity index (χ1) is 14.1. The Morgan fingerprint density at radius 1 is 1.07 bits per heavy atom. The van der Waals surface area contributed by atoms with Crippen LogP contribution in [0.3, 0.4) is 0 Å². The Balaban J connectivity index is 1.49. The van der Waals surface area contributed by atoms with E-state index in [1.54, 1.807) is 14.2 Å². The van der Waals surface area contributed by atoms with Crippen molar-refractivity contribution in [3.05, 3.63) is 48.0 Å². The van der Waals surface area contributed by atoms with Crippen LogP contribution in [-0.4, -0.2) is 39.3 Å². The highest BCUT2D eigenvalue weighted by Crippen LogP contribution is 2.27. The number of hydrogen-bond donors (Lipinski definition) is 2. The molecule has 0 bridgehead atoms. The minimum atomic E-state index is 0.0101. The average molecular weight is 398 g/mol. The summed E-state index contributed by atoms with van der Waals surface area (Å²) in [6.07, 6.45) is 2.88. The first-order valence-electron chi connectivity index (χ1n) is 10.2. The Morgan fingerprint density at radius 2 is 1.83 bits per heavy atom. The molecule has 0 aliphatic carbocycles. The maximum absolute atomic E-state index is 12.4. The SMILES string of the molecule is COc1ccc(CNC(C)CC(=O)Nc2cccc(N3CCCC3)c2)cc1OC. The van der Waals surface area contributed by atoms with Gasteiger partial charge in [-0.25, -0.2) is 0 Å². The Labute approximate surface area is 173 Å². The van der Waals surface area contributed by atoms with Crippen molar-refractivity contribution in [2.45, 2.75) is 38.8 Å². The lowest BCUT2D eigenvalue weighted by Crippen LogP contribution is -2.30. The number of carbonyl (C=O) groups excluding carboxylic acids is 1. The second kappa shape index (κ2) is 10.2. The first-order valence-corrected chi connectivity index (χ1v) is 10.2. The van der Waals surface area contributed by atoms with E-state index in [1.165, 1.54) is 18.5 Å². The van der Waals surface area contributed by atoms with Crippen molar-refractivity contribution in [1.29, 1.82) is 0 Å². The van der Waals surface area contributed by atoms with Crippen molar-refractivity contribution < 1.29 is 14.3 Å². The van der Waals surface area contributed by atoms with Crippen molar-refractivity contribution in [3.63, 3.8) is 0 Å². The van der Waals surface area contributed by atoms with E-state index in [0.29, 0.717) is 24.5 Å². The fraction of sp³-hybridized carbons (Fsp3) is 0.435. The van der Waals surface area contributed by atoms with Gasteiger partial charge in [-0.15, -0.1) is 0 Å². The molecule has 0 aromatic heterocycles. The van der Waals surface area contributed by atoms with Gasteiger partial charge in [0.15, 0.2) is 11.5 Å². The van der Waals surface area contributed by atoms with Crippen LogP contribution in [0.2, 0.25) is 0 Å². The molecule has 2 aromatic carbocycles. The lowest BCUT2D eigenvalue weighted by Gasteiger charge is -2.19. The zero-order valence-corrected chi connectivity index (χ0v) is 17.5. The third kappa shape index (κ3) is 5.87. The van der Waals surface area contributed by atoms with E-state index in [9.17, 15) is 4.79 Å². The molecular formula is C23H31N3O3. The second-order valence-electron chi connectivity index (χ2n) is 7.47. The first kappa shape index (κ1) is 21.0. The van der Waals surface area contributed by atoms with E-state index >= 15 is 0 Å². The van der Waals surface area contributed by atoms with E-state index in [2.05, 4.69) is 27.7 Å². The number of anilines is 2. The summed E-state index contributed by atoms with van der Waals surface area (Å²) < 4.78 is 10.6. The quantitative estimate of drug-likeness (QED) is 0.674. The summed E-state index contributed by atoms with van der Waals surface area (Å²) in [5, 5.41) is 6.42. The molecule has 3 rings (SSSR count). The minimum absolute atomic E-state index is 0.0101. The summed E-state index contributed by atoms with van der Waals surface area (Å²) >= 11 is 0. The fourth-order valence-corrected chi connectivity index (χ4v) is 3.60. The predicted octanol–water partition coefficient (Wildman–Crippen LogP) is 3.81. The maximum atomic E-state index is 12.4. The second-order valence-corrected chi connectivity index (χ2v) is 7.47. The third-order valence-electron chi connectivity index (χ3n) is 5.20. The van der Waals surface area contributed by atoms with Crippen molar-refractivity contribution in [3.8, 4) is 11.5 Å². The standard InChI is InChI=1S/C23H31N3O3/c1-17(24-16-18-9-10-21(28-2)22(14-18)29-3)13-23(27)25-19-7-6-8-20(15-19)26-11-4-5-12-26/h6-10,14-15,17,24H,4-5,11-13,16H2,1-3H3,(H,25,27). The number of hydrogen-bond acceptors (Lipinski definition) is 5. The predicted molar refractivity (Wildman–Crippen MR) is 117 cm³/mol. The van der Waals surface area contributed by atoms with Gasteiger partial charge in [-0.1, -0.05) is 12.1 Å². The summed E-state index contributed by atoms with van der Waals surface area (Å²) in [4.78, 5) is 14.8. The van der Waals surface area contributed by atoms with Crippen molar-refractivity contribution >= 4 is 17.3 Å². The average Bonchev–Trinajstić information content (AvgIpc) is 3.27. The topological polar surface area (TPSA) is 62.8 Å². The maximum Gasteiger partial charge on any atom is 0.225 e. The summed E-state index contributed by atoms with van der Waals surface area (Å²) in [7, 11) is 3.25. The van der Waals surface area contributed by atoms with E-state index in [-0.39, 0.29) is 11.9 Å². The number of rotatable bonds is 9. The molecule has 0 spiro atoms. The Bertz CT molecular complexity index is 819. The summed E-state index contributed by atoms with van der Waals surface area (Å²) in [6, 6.07) is 14.0. The monoisotopic (exact) mass is 397 g/mol. The van der Waals surface area contributed by atoms with Gasteiger partial charge in [0.2, 0.25) is 5.91 Å². The molecule has 1 fully saturated rings. The highest BCUT2D eigenvalue weighted by Gasteiger charge is 2.14. The minimum Gasteiger partial charge on any atom is -0.493 e. The highest BCUT2D eigenvalue weighted by molar-refractivity contribution is 5.91. The van der Waals surface area contributed by atoms with Gasteiger partial charge in [0, 0.05) is 43.5 Å². The van der Waals surface area contributed by atoms with E-state index in [0.717, 1.165) is 24.3 Å². The fourth-order valence-electron chi connectivity index (χ4n) is 3.60.